The summed E-state index contributed by atoms with van der Waals surface area (Å²) >= 11 is 0. The van der Waals surface area contributed by atoms with Gasteiger partial charge in [-0.05, 0) is 30.0 Å². The van der Waals surface area contributed by atoms with Gasteiger partial charge in [-0.1, -0.05) is 20.8 Å². The van der Waals surface area contributed by atoms with Crippen LogP contribution in [-0.2, 0) is 9.05 Å². The fourth-order valence-electron chi connectivity index (χ4n) is 1.60. The van der Waals surface area contributed by atoms with Crippen LogP contribution in [0, 0.1) is 11.8 Å². The Kier molecular flexibility index (Phi) is 6.04. The van der Waals surface area contributed by atoms with Crippen LogP contribution in [0.15, 0.2) is 23.1 Å². The topological polar surface area (TPSA) is 72.5 Å². The fraction of sp³-hybridized carbons (Fsp3) is 0.500. The minimum atomic E-state index is -3.89. The van der Waals surface area contributed by atoms with Gasteiger partial charge in [0.2, 0.25) is 0 Å². The Morgan fingerprint density at radius 2 is 1.95 bits per heavy atom. The van der Waals surface area contributed by atoms with Crippen LogP contribution in [0.4, 0.5) is 0 Å². The van der Waals surface area contributed by atoms with Gasteiger partial charge in [0.25, 0.3) is 15.0 Å². The lowest BCUT2D eigenvalue weighted by Gasteiger charge is -2.17. The van der Waals surface area contributed by atoms with Gasteiger partial charge in [0.1, 0.15) is 5.75 Å². The van der Waals surface area contributed by atoms with Crippen LogP contribution in [0.2, 0.25) is 0 Å². The van der Waals surface area contributed by atoms with E-state index in [4.69, 9.17) is 15.4 Å². The van der Waals surface area contributed by atoms with E-state index in [0.717, 1.165) is 0 Å². The van der Waals surface area contributed by atoms with Crippen molar-refractivity contribution in [2.45, 2.75) is 25.7 Å². The maximum absolute atomic E-state index is 12.2. The van der Waals surface area contributed by atoms with E-state index < -0.39 is 9.05 Å². The van der Waals surface area contributed by atoms with E-state index in [0.29, 0.717) is 24.1 Å². The molecule has 1 aromatic carbocycles. The number of benzene rings is 1. The molecule has 1 unspecified atom stereocenters. The average molecular weight is 334 g/mol. The maximum Gasteiger partial charge on any atom is 0.261 e. The first-order chi connectivity index (χ1) is 9.66. The zero-order chi connectivity index (χ0) is 16.2. The Morgan fingerprint density at radius 1 is 1.33 bits per heavy atom. The Hall–Kier alpha value is -1.27. The van der Waals surface area contributed by atoms with Crippen molar-refractivity contribution in [1.29, 1.82) is 0 Å². The molecule has 1 N–H and O–H groups in total. The molecule has 1 atom stereocenters. The third-order valence-electron chi connectivity index (χ3n) is 3.42. The number of halogens is 1. The molecule has 0 aliphatic carbocycles. The molecule has 5 nitrogen and oxygen atoms in total. The number of hydrogen-bond donors (Lipinski definition) is 1. The van der Waals surface area contributed by atoms with Gasteiger partial charge < -0.3 is 10.1 Å². The molecular weight excluding hydrogens is 314 g/mol. The van der Waals surface area contributed by atoms with E-state index in [-0.39, 0.29) is 16.4 Å². The van der Waals surface area contributed by atoms with E-state index in [1.165, 1.54) is 25.3 Å². The highest BCUT2D eigenvalue weighted by Crippen LogP contribution is 2.24. The van der Waals surface area contributed by atoms with Gasteiger partial charge in [0.05, 0.1) is 17.6 Å². The molecule has 1 amide bonds. The van der Waals surface area contributed by atoms with Crippen molar-refractivity contribution in [1.82, 2.24) is 5.32 Å². The first-order valence-corrected chi connectivity index (χ1v) is 8.88. The summed E-state index contributed by atoms with van der Waals surface area (Å²) in [5, 5.41) is 2.78. The van der Waals surface area contributed by atoms with Crippen molar-refractivity contribution < 1.29 is 17.9 Å². The van der Waals surface area contributed by atoms with E-state index in [9.17, 15) is 13.2 Å². The number of ether oxygens (including phenoxy) is 1. The van der Waals surface area contributed by atoms with Crippen molar-refractivity contribution >= 4 is 25.6 Å². The number of hydrogen-bond acceptors (Lipinski definition) is 4. The lowest BCUT2D eigenvalue weighted by Crippen LogP contribution is -2.30. The number of carbonyl (C=O) groups is 1. The number of rotatable bonds is 6. The molecule has 0 aliphatic rings. The summed E-state index contributed by atoms with van der Waals surface area (Å²) in [6, 6.07) is 3.93. The van der Waals surface area contributed by atoms with Crippen LogP contribution >= 0.6 is 10.7 Å². The summed E-state index contributed by atoms with van der Waals surface area (Å²) in [6.07, 6.45) is 0. The fourth-order valence-corrected chi connectivity index (χ4v) is 2.38. The van der Waals surface area contributed by atoms with Crippen LogP contribution in [-0.4, -0.2) is 28.0 Å². The van der Waals surface area contributed by atoms with Crippen LogP contribution in [0.1, 0.15) is 31.1 Å². The first-order valence-electron chi connectivity index (χ1n) is 6.57. The number of carbonyl (C=O) groups excluding carboxylic acids is 1. The van der Waals surface area contributed by atoms with Crippen molar-refractivity contribution in [3.8, 4) is 5.75 Å². The normalized spacial score (nSPS) is 13.0. The minimum Gasteiger partial charge on any atom is -0.496 e. The second kappa shape index (κ2) is 7.13. The lowest BCUT2D eigenvalue weighted by molar-refractivity contribution is 0.0941. The third kappa shape index (κ3) is 4.89. The van der Waals surface area contributed by atoms with E-state index in [1.54, 1.807) is 0 Å². The SMILES string of the molecule is COc1ccc(S(=O)(=O)Cl)cc1C(=O)NCC(C)C(C)C. The standard InChI is InChI=1S/C14H20ClNO4S/c1-9(2)10(3)8-16-14(17)12-7-11(21(15,18)19)5-6-13(12)20-4/h5-7,9-10H,8H2,1-4H3,(H,16,17). The summed E-state index contributed by atoms with van der Waals surface area (Å²) in [5.74, 6) is 0.650. The van der Waals surface area contributed by atoms with Gasteiger partial charge >= 0.3 is 0 Å². The molecule has 7 heteroatoms. The molecule has 118 valence electrons. The van der Waals surface area contributed by atoms with E-state index >= 15 is 0 Å². The summed E-state index contributed by atoms with van der Waals surface area (Å²) in [5.41, 5.74) is 0.148. The van der Waals surface area contributed by atoms with Crippen LogP contribution < -0.4 is 10.1 Å². The number of nitrogens with one attached hydrogen (secondary N) is 1. The van der Waals surface area contributed by atoms with E-state index in [2.05, 4.69) is 19.2 Å². The van der Waals surface area contributed by atoms with Gasteiger partial charge in [-0.15, -0.1) is 0 Å². The van der Waals surface area contributed by atoms with Gasteiger partial charge in [0, 0.05) is 17.2 Å². The molecule has 0 heterocycles. The van der Waals surface area contributed by atoms with Crippen LogP contribution in [0.25, 0.3) is 0 Å². The van der Waals surface area contributed by atoms with Crippen molar-refractivity contribution in [3.05, 3.63) is 23.8 Å². The van der Waals surface area contributed by atoms with Crippen LogP contribution in [0.5, 0.6) is 5.75 Å². The lowest BCUT2D eigenvalue weighted by atomic mass is 9.98. The second-order valence-corrected chi connectivity index (χ2v) is 7.80. The predicted molar refractivity (Wildman–Crippen MR) is 82.4 cm³/mol. The molecule has 0 saturated carbocycles. The Bertz CT molecular complexity index is 613. The summed E-state index contributed by atoms with van der Waals surface area (Å²) < 4.78 is 27.8. The van der Waals surface area contributed by atoms with Crippen molar-refractivity contribution in [2.75, 3.05) is 13.7 Å². The highest BCUT2D eigenvalue weighted by Gasteiger charge is 2.19. The van der Waals surface area contributed by atoms with Gasteiger partial charge in [-0.3, -0.25) is 4.79 Å². The molecule has 0 saturated heterocycles. The Balaban J connectivity index is 3.02. The molecule has 0 aliphatic heterocycles. The molecule has 0 bridgehead atoms. The molecule has 0 fully saturated rings. The molecular formula is C14H20ClNO4S. The van der Waals surface area contributed by atoms with E-state index in [1.807, 2.05) is 6.92 Å². The largest absolute Gasteiger partial charge is 0.496 e. The average Bonchev–Trinajstić information content (AvgIpc) is 2.42. The zero-order valence-electron chi connectivity index (χ0n) is 12.5. The molecule has 0 radical (unpaired) electrons. The Morgan fingerprint density at radius 3 is 2.43 bits per heavy atom. The maximum atomic E-state index is 12.2. The van der Waals surface area contributed by atoms with Crippen molar-refractivity contribution in [2.24, 2.45) is 11.8 Å². The molecule has 0 aromatic heterocycles. The third-order valence-corrected chi connectivity index (χ3v) is 4.77. The van der Waals surface area contributed by atoms with Gasteiger partial charge in [-0.2, -0.15) is 0 Å². The van der Waals surface area contributed by atoms with Gasteiger partial charge in [0.15, 0.2) is 0 Å². The summed E-state index contributed by atoms with van der Waals surface area (Å²) in [6.45, 7) is 6.66. The number of amides is 1. The minimum absolute atomic E-state index is 0.132. The Labute approximate surface area is 130 Å². The molecule has 0 spiro atoms. The molecule has 1 rings (SSSR count). The zero-order valence-corrected chi connectivity index (χ0v) is 14.1. The van der Waals surface area contributed by atoms with Crippen molar-refractivity contribution in [3.63, 3.8) is 0 Å². The van der Waals surface area contributed by atoms with Crippen LogP contribution in [0.3, 0.4) is 0 Å². The predicted octanol–water partition coefficient (Wildman–Crippen LogP) is 2.64. The monoisotopic (exact) mass is 333 g/mol. The second-order valence-electron chi connectivity index (χ2n) is 5.23. The quantitative estimate of drug-likeness (QED) is 0.812. The highest BCUT2D eigenvalue weighted by atomic mass is 35.7. The smallest absolute Gasteiger partial charge is 0.261 e. The molecule has 21 heavy (non-hydrogen) atoms. The molecule has 1 aromatic rings. The first kappa shape index (κ1) is 17.8. The summed E-state index contributed by atoms with van der Waals surface area (Å²) in [4.78, 5) is 12.1. The highest BCUT2D eigenvalue weighted by molar-refractivity contribution is 8.13. The van der Waals surface area contributed by atoms with Gasteiger partial charge in [-0.25, -0.2) is 8.42 Å². The number of methoxy groups -OCH3 is 1. The summed E-state index contributed by atoms with van der Waals surface area (Å²) in [7, 11) is 2.82.